The van der Waals surface area contributed by atoms with Gasteiger partial charge in [-0.05, 0) is 22.0 Å². The van der Waals surface area contributed by atoms with Crippen LogP contribution in [0.5, 0.6) is 0 Å². The highest BCUT2D eigenvalue weighted by Gasteiger charge is 2.21. The minimum Gasteiger partial charge on any atom is -0.455 e. The second-order valence-electron chi connectivity index (χ2n) is 4.70. The van der Waals surface area contributed by atoms with E-state index in [-0.39, 0.29) is 20.2 Å². The molecule has 0 spiro atoms. The van der Waals surface area contributed by atoms with E-state index in [0.29, 0.717) is 11.6 Å². The molecule has 0 bridgehead atoms. The number of carbonyl (C=O) groups excluding carboxylic acids is 1. The van der Waals surface area contributed by atoms with Crippen molar-refractivity contribution in [3.8, 4) is 0 Å². The highest BCUT2D eigenvalue weighted by molar-refractivity contribution is 9.11. The number of sulfonamides is 1. The van der Waals surface area contributed by atoms with E-state index in [0.717, 1.165) is 16.3 Å². The standard InChI is InChI=1S/C12H13BrN2O4S3/c1-6(2)11-15-7(5-20-11)4-19-12(16)8-3-9(10(13)21-8)22(14,17)18/h3,5-6H,4H2,1-2H3,(H2,14,17,18). The molecule has 0 fully saturated rings. The molecular formula is C12H13BrN2O4S3. The van der Waals surface area contributed by atoms with Gasteiger partial charge in [-0.15, -0.1) is 22.7 Å². The Morgan fingerprint density at radius 2 is 2.18 bits per heavy atom. The number of nitrogens with zero attached hydrogens (tertiary/aromatic N) is 1. The lowest BCUT2D eigenvalue weighted by molar-refractivity contribution is 0.0474. The smallest absolute Gasteiger partial charge is 0.348 e. The van der Waals surface area contributed by atoms with Gasteiger partial charge in [0.05, 0.1) is 14.5 Å². The molecule has 0 radical (unpaired) electrons. The number of ether oxygens (including phenoxy) is 1. The first-order chi connectivity index (χ1) is 10.2. The van der Waals surface area contributed by atoms with Crippen LogP contribution in [-0.4, -0.2) is 19.4 Å². The number of carbonyl (C=O) groups is 1. The second kappa shape index (κ2) is 6.75. The quantitative estimate of drug-likeness (QED) is 0.743. The Hall–Kier alpha value is -0.810. The van der Waals surface area contributed by atoms with Crippen LogP contribution in [0.2, 0.25) is 0 Å². The van der Waals surface area contributed by atoms with Crippen LogP contribution >= 0.6 is 38.6 Å². The fourth-order valence-electron chi connectivity index (χ4n) is 1.51. The van der Waals surface area contributed by atoms with Crippen molar-refractivity contribution in [2.24, 2.45) is 5.14 Å². The Morgan fingerprint density at radius 3 is 2.68 bits per heavy atom. The molecule has 120 valence electrons. The summed E-state index contributed by atoms with van der Waals surface area (Å²) < 4.78 is 28.1. The average molecular weight is 425 g/mol. The molecular weight excluding hydrogens is 412 g/mol. The van der Waals surface area contributed by atoms with Crippen molar-refractivity contribution < 1.29 is 17.9 Å². The Kier molecular flexibility index (Phi) is 5.38. The average Bonchev–Trinajstić information content (AvgIpc) is 3.01. The van der Waals surface area contributed by atoms with Gasteiger partial charge in [0.2, 0.25) is 10.0 Å². The molecule has 2 rings (SSSR count). The van der Waals surface area contributed by atoms with Gasteiger partial charge in [0.15, 0.2) is 0 Å². The van der Waals surface area contributed by atoms with Gasteiger partial charge in [-0.1, -0.05) is 13.8 Å². The molecule has 0 aliphatic rings. The Bertz CT molecular complexity index is 795. The molecule has 0 aromatic carbocycles. The maximum Gasteiger partial charge on any atom is 0.348 e. The first kappa shape index (κ1) is 17.5. The molecule has 0 aliphatic heterocycles. The number of esters is 1. The van der Waals surface area contributed by atoms with Gasteiger partial charge in [-0.2, -0.15) is 0 Å². The summed E-state index contributed by atoms with van der Waals surface area (Å²) >= 11 is 5.55. The molecule has 2 aromatic heterocycles. The van der Waals surface area contributed by atoms with Crippen LogP contribution in [0.1, 0.15) is 40.1 Å². The monoisotopic (exact) mass is 424 g/mol. The lowest BCUT2D eigenvalue weighted by Gasteiger charge is -2.00. The van der Waals surface area contributed by atoms with E-state index in [1.54, 1.807) is 0 Å². The van der Waals surface area contributed by atoms with Gasteiger partial charge in [0.1, 0.15) is 16.4 Å². The van der Waals surface area contributed by atoms with E-state index in [4.69, 9.17) is 9.88 Å². The summed E-state index contributed by atoms with van der Waals surface area (Å²) in [5, 5.41) is 7.86. The normalized spacial score (nSPS) is 11.9. The summed E-state index contributed by atoms with van der Waals surface area (Å²) in [6.45, 7) is 4.11. The Morgan fingerprint density at radius 1 is 1.50 bits per heavy atom. The predicted octanol–water partition coefficient (Wildman–Crippen LogP) is 3.09. The minimum atomic E-state index is -3.87. The fourth-order valence-corrected chi connectivity index (χ4v) is 5.37. The van der Waals surface area contributed by atoms with E-state index in [9.17, 15) is 13.2 Å². The molecule has 6 nitrogen and oxygen atoms in total. The molecule has 0 saturated heterocycles. The Labute approximate surface area is 144 Å². The number of hydrogen-bond acceptors (Lipinski definition) is 7. The van der Waals surface area contributed by atoms with Gasteiger partial charge in [0.25, 0.3) is 0 Å². The lowest BCUT2D eigenvalue weighted by Crippen LogP contribution is -2.11. The maximum absolute atomic E-state index is 12.0. The van der Waals surface area contributed by atoms with Crippen LogP contribution in [0.3, 0.4) is 0 Å². The fraction of sp³-hybridized carbons (Fsp3) is 0.333. The van der Waals surface area contributed by atoms with Crippen molar-refractivity contribution in [1.29, 1.82) is 0 Å². The Balaban J connectivity index is 2.06. The van der Waals surface area contributed by atoms with Gasteiger partial charge < -0.3 is 4.74 Å². The zero-order valence-corrected chi connectivity index (χ0v) is 15.7. The second-order valence-corrected chi connectivity index (χ2v) is 9.49. The van der Waals surface area contributed by atoms with Crippen molar-refractivity contribution in [3.05, 3.63) is 30.8 Å². The van der Waals surface area contributed by atoms with Crippen molar-refractivity contribution in [2.45, 2.75) is 31.3 Å². The van der Waals surface area contributed by atoms with Crippen LogP contribution in [0.4, 0.5) is 0 Å². The molecule has 2 aromatic rings. The number of primary sulfonamides is 1. The predicted molar refractivity (Wildman–Crippen MR) is 88.7 cm³/mol. The van der Waals surface area contributed by atoms with Crippen LogP contribution in [-0.2, 0) is 21.4 Å². The summed E-state index contributed by atoms with van der Waals surface area (Å²) in [7, 11) is -3.87. The molecule has 0 aliphatic carbocycles. The summed E-state index contributed by atoms with van der Waals surface area (Å²) in [5.41, 5.74) is 0.671. The summed E-state index contributed by atoms with van der Waals surface area (Å²) in [5.74, 6) is -0.292. The molecule has 22 heavy (non-hydrogen) atoms. The van der Waals surface area contributed by atoms with Crippen LogP contribution in [0.15, 0.2) is 20.1 Å². The van der Waals surface area contributed by atoms with Crippen LogP contribution in [0, 0.1) is 0 Å². The topological polar surface area (TPSA) is 99.3 Å². The maximum atomic E-state index is 12.0. The van der Waals surface area contributed by atoms with E-state index < -0.39 is 16.0 Å². The lowest BCUT2D eigenvalue weighted by atomic mass is 10.2. The zero-order chi connectivity index (χ0) is 16.5. The van der Waals surface area contributed by atoms with E-state index in [1.165, 1.54) is 17.4 Å². The zero-order valence-electron chi connectivity index (χ0n) is 11.7. The number of thiophene rings is 1. The summed E-state index contributed by atoms with van der Waals surface area (Å²) in [4.78, 5) is 16.4. The first-order valence-corrected chi connectivity index (χ1v) is 10.2. The van der Waals surface area contributed by atoms with E-state index >= 15 is 0 Å². The third kappa shape index (κ3) is 4.13. The largest absolute Gasteiger partial charge is 0.455 e. The molecule has 0 atom stereocenters. The summed E-state index contributed by atoms with van der Waals surface area (Å²) in [6, 6.07) is 1.20. The number of halogens is 1. The number of thiazole rings is 1. The third-order valence-electron chi connectivity index (χ3n) is 2.58. The van der Waals surface area contributed by atoms with Crippen molar-refractivity contribution >= 4 is 54.6 Å². The molecule has 2 heterocycles. The van der Waals surface area contributed by atoms with Gasteiger partial charge >= 0.3 is 5.97 Å². The number of hydrogen-bond donors (Lipinski definition) is 1. The van der Waals surface area contributed by atoms with Crippen LogP contribution < -0.4 is 5.14 Å². The van der Waals surface area contributed by atoms with Gasteiger partial charge in [-0.25, -0.2) is 23.3 Å². The first-order valence-electron chi connectivity index (χ1n) is 6.12. The molecule has 0 saturated carbocycles. The number of nitrogens with two attached hydrogens (primary N) is 1. The molecule has 0 amide bonds. The van der Waals surface area contributed by atoms with E-state index in [1.807, 2.05) is 19.2 Å². The van der Waals surface area contributed by atoms with Gasteiger partial charge in [-0.3, -0.25) is 0 Å². The van der Waals surface area contributed by atoms with Crippen molar-refractivity contribution in [1.82, 2.24) is 4.98 Å². The number of rotatable bonds is 5. The SMILES string of the molecule is CC(C)c1nc(COC(=O)c2cc(S(N)(=O)=O)c(Br)s2)cs1. The highest BCUT2D eigenvalue weighted by atomic mass is 79.9. The van der Waals surface area contributed by atoms with E-state index in [2.05, 4.69) is 20.9 Å². The van der Waals surface area contributed by atoms with Gasteiger partial charge in [0, 0.05) is 11.3 Å². The van der Waals surface area contributed by atoms with Crippen LogP contribution in [0.25, 0.3) is 0 Å². The molecule has 0 unspecified atom stereocenters. The van der Waals surface area contributed by atoms with Crippen molar-refractivity contribution in [2.75, 3.05) is 0 Å². The summed E-state index contributed by atoms with van der Waals surface area (Å²) in [6.07, 6.45) is 0. The third-order valence-corrected chi connectivity index (χ3v) is 6.91. The molecule has 2 N–H and O–H groups in total. The highest BCUT2D eigenvalue weighted by Crippen LogP contribution is 2.31. The molecule has 10 heteroatoms. The number of aromatic nitrogens is 1. The van der Waals surface area contributed by atoms with Crippen molar-refractivity contribution in [3.63, 3.8) is 0 Å². The minimum absolute atomic E-state index is 0.0439.